The van der Waals surface area contributed by atoms with Crippen LogP contribution in [0.15, 0.2) is 59.0 Å². The molecule has 30 heavy (non-hydrogen) atoms. The fourth-order valence-corrected chi connectivity index (χ4v) is 3.54. The zero-order valence-corrected chi connectivity index (χ0v) is 16.8. The minimum absolute atomic E-state index is 0.00164. The van der Waals surface area contributed by atoms with Gasteiger partial charge in [0.2, 0.25) is 17.7 Å². The summed E-state index contributed by atoms with van der Waals surface area (Å²) in [6, 6.07) is 15.6. The van der Waals surface area contributed by atoms with Gasteiger partial charge in [-0.1, -0.05) is 24.3 Å². The van der Waals surface area contributed by atoms with Crippen LogP contribution in [0.25, 0.3) is 11.5 Å². The van der Waals surface area contributed by atoms with Gasteiger partial charge < -0.3 is 9.73 Å². The summed E-state index contributed by atoms with van der Waals surface area (Å²) in [7, 11) is 0. The number of benzene rings is 2. The molecule has 1 aliphatic rings. The molecule has 1 saturated heterocycles. The number of carbonyl (C=O) groups excluding carboxylic acids is 1. The van der Waals surface area contributed by atoms with E-state index in [1.165, 1.54) is 12.1 Å². The van der Waals surface area contributed by atoms with Gasteiger partial charge in [-0.25, -0.2) is 4.39 Å². The van der Waals surface area contributed by atoms with Crippen molar-refractivity contribution >= 4 is 11.6 Å². The summed E-state index contributed by atoms with van der Waals surface area (Å²) in [5, 5.41) is 11.1. The van der Waals surface area contributed by atoms with Crippen molar-refractivity contribution in [3.63, 3.8) is 0 Å². The van der Waals surface area contributed by atoms with Crippen LogP contribution in [-0.2, 0) is 4.79 Å². The molecule has 2 aromatic carbocycles. The Kier molecular flexibility index (Phi) is 6.15. The lowest BCUT2D eigenvalue weighted by atomic mass is 10.2. The maximum absolute atomic E-state index is 13.2. The summed E-state index contributed by atoms with van der Waals surface area (Å²) in [6.07, 6.45) is 0. The topological polar surface area (TPSA) is 74.5 Å². The molecule has 1 aliphatic heterocycles. The number of rotatable bonds is 6. The predicted octanol–water partition coefficient (Wildman–Crippen LogP) is 3.19. The average Bonchev–Trinajstić information content (AvgIpc) is 3.25. The smallest absolute Gasteiger partial charge is 0.247 e. The minimum atomic E-state index is -0.369. The number of aromatic nitrogens is 2. The molecule has 1 fully saturated rings. The number of hydrogen-bond donors (Lipinski definition) is 1. The molecule has 0 bridgehead atoms. The molecule has 156 valence electrons. The van der Waals surface area contributed by atoms with E-state index in [2.05, 4.69) is 32.2 Å². The Morgan fingerprint density at radius 2 is 1.87 bits per heavy atom. The van der Waals surface area contributed by atoms with Crippen LogP contribution in [0.2, 0.25) is 0 Å². The normalized spacial score (nSPS) is 16.3. The molecule has 1 aromatic heterocycles. The number of halogens is 1. The van der Waals surface area contributed by atoms with Gasteiger partial charge in [0.25, 0.3) is 0 Å². The molecule has 7 nitrogen and oxygen atoms in total. The fraction of sp³-hybridized carbons (Fsp3) is 0.318. The number of hydrogen-bond acceptors (Lipinski definition) is 6. The highest BCUT2D eigenvalue weighted by molar-refractivity contribution is 5.92. The van der Waals surface area contributed by atoms with Crippen molar-refractivity contribution in [2.24, 2.45) is 0 Å². The highest BCUT2D eigenvalue weighted by Gasteiger charge is 2.26. The Balaban J connectivity index is 1.28. The molecule has 2 heterocycles. The predicted molar refractivity (Wildman–Crippen MR) is 111 cm³/mol. The Morgan fingerprint density at radius 1 is 1.10 bits per heavy atom. The van der Waals surface area contributed by atoms with E-state index < -0.39 is 0 Å². The summed E-state index contributed by atoms with van der Waals surface area (Å²) < 4.78 is 19.1. The van der Waals surface area contributed by atoms with Crippen molar-refractivity contribution in [2.75, 3.05) is 38.0 Å². The van der Waals surface area contributed by atoms with E-state index in [4.69, 9.17) is 4.42 Å². The van der Waals surface area contributed by atoms with Gasteiger partial charge in [-0.15, -0.1) is 10.2 Å². The molecule has 0 saturated carbocycles. The Bertz CT molecular complexity index is 986. The lowest BCUT2D eigenvalue weighted by Crippen LogP contribution is -2.49. The number of carbonyl (C=O) groups is 1. The third-order valence-electron chi connectivity index (χ3n) is 5.25. The standard InChI is InChI=1S/C22H24FN5O2/c1-16(21-25-26-22(30-21)17-6-3-2-4-7-17)28-12-10-27(11-13-28)15-20(29)24-19-9-5-8-18(23)14-19/h2-9,14,16H,10-13,15H2,1H3,(H,24,29)/t16-/m1/s1. The van der Waals surface area contributed by atoms with Crippen molar-refractivity contribution in [2.45, 2.75) is 13.0 Å². The van der Waals surface area contributed by atoms with Gasteiger partial charge in [0.15, 0.2) is 0 Å². The van der Waals surface area contributed by atoms with Crippen LogP contribution in [0, 0.1) is 5.82 Å². The number of amides is 1. The Labute approximate surface area is 174 Å². The molecule has 0 spiro atoms. The molecule has 1 amide bonds. The van der Waals surface area contributed by atoms with E-state index >= 15 is 0 Å². The average molecular weight is 409 g/mol. The third kappa shape index (κ3) is 4.90. The first kappa shape index (κ1) is 20.2. The van der Waals surface area contributed by atoms with Gasteiger partial charge in [-0.05, 0) is 37.3 Å². The number of piperazine rings is 1. The molecule has 1 atom stereocenters. The first-order chi connectivity index (χ1) is 14.6. The van der Waals surface area contributed by atoms with Gasteiger partial charge in [0.05, 0.1) is 12.6 Å². The zero-order chi connectivity index (χ0) is 20.9. The van der Waals surface area contributed by atoms with Crippen molar-refractivity contribution in [1.29, 1.82) is 0 Å². The minimum Gasteiger partial charge on any atom is -0.419 e. The summed E-state index contributed by atoms with van der Waals surface area (Å²) in [4.78, 5) is 16.6. The quantitative estimate of drug-likeness (QED) is 0.674. The van der Waals surface area contributed by atoms with Crippen LogP contribution >= 0.6 is 0 Å². The molecule has 0 aliphatic carbocycles. The number of nitrogens with zero attached hydrogens (tertiary/aromatic N) is 4. The van der Waals surface area contributed by atoms with Gasteiger partial charge in [0.1, 0.15) is 5.82 Å². The van der Waals surface area contributed by atoms with Crippen LogP contribution in [0.3, 0.4) is 0 Å². The fourth-order valence-electron chi connectivity index (χ4n) is 3.54. The Hall–Kier alpha value is -3.10. The molecule has 0 radical (unpaired) electrons. The van der Waals surface area contributed by atoms with E-state index in [-0.39, 0.29) is 24.3 Å². The second kappa shape index (κ2) is 9.15. The van der Waals surface area contributed by atoms with E-state index in [0.717, 1.165) is 31.7 Å². The van der Waals surface area contributed by atoms with Gasteiger partial charge in [-0.3, -0.25) is 14.6 Å². The van der Waals surface area contributed by atoms with Gasteiger partial charge >= 0.3 is 0 Å². The lowest BCUT2D eigenvalue weighted by molar-refractivity contribution is -0.117. The second-order valence-corrected chi connectivity index (χ2v) is 7.36. The van der Waals surface area contributed by atoms with Crippen molar-refractivity contribution in [3.8, 4) is 11.5 Å². The summed E-state index contributed by atoms with van der Waals surface area (Å²) in [5.41, 5.74) is 1.37. The van der Waals surface area contributed by atoms with Crippen LogP contribution < -0.4 is 5.32 Å². The van der Waals surface area contributed by atoms with Crippen LogP contribution in [0.1, 0.15) is 18.9 Å². The maximum atomic E-state index is 13.2. The van der Waals surface area contributed by atoms with Crippen LogP contribution in [0.5, 0.6) is 0 Å². The molecule has 1 N–H and O–H groups in total. The van der Waals surface area contributed by atoms with E-state index in [0.29, 0.717) is 17.5 Å². The summed E-state index contributed by atoms with van der Waals surface area (Å²) in [6.45, 7) is 5.40. The number of nitrogens with one attached hydrogen (secondary N) is 1. The highest BCUT2D eigenvalue weighted by Crippen LogP contribution is 2.24. The molecule has 3 aromatic rings. The maximum Gasteiger partial charge on any atom is 0.247 e. The van der Waals surface area contributed by atoms with Gasteiger partial charge in [-0.2, -0.15) is 0 Å². The van der Waals surface area contributed by atoms with Crippen molar-refractivity contribution in [1.82, 2.24) is 20.0 Å². The first-order valence-electron chi connectivity index (χ1n) is 9.99. The highest BCUT2D eigenvalue weighted by atomic mass is 19.1. The van der Waals surface area contributed by atoms with Crippen LogP contribution in [-0.4, -0.2) is 58.6 Å². The Morgan fingerprint density at radius 3 is 2.60 bits per heavy atom. The number of anilines is 1. The molecular formula is C22H24FN5O2. The van der Waals surface area contributed by atoms with Crippen molar-refractivity contribution in [3.05, 3.63) is 66.3 Å². The zero-order valence-electron chi connectivity index (χ0n) is 16.8. The second-order valence-electron chi connectivity index (χ2n) is 7.36. The van der Waals surface area contributed by atoms with E-state index in [1.807, 2.05) is 30.3 Å². The summed E-state index contributed by atoms with van der Waals surface area (Å²) >= 11 is 0. The third-order valence-corrected chi connectivity index (χ3v) is 5.25. The monoisotopic (exact) mass is 409 g/mol. The molecule has 8 heteroatoms. The van der Waals surface area contributed by atoms with E-state index in [1.54, 1.807) is 12.1 Å². The van der Waals surface area contributed by atoms with E-state index in [9.17, 15) is 9.18 Å². The molecular weight excluding hydrogens is 385 g/mol. The van der Waals surface area contributed by atoms with Crippen molar-refractivity contribution < 1.29 is 13.6 Å². The SMILES string of the molecule is C[C@H](c1nnc(-c2ccccc2)o1)N1CCN(CC(=O)Nc2cccc(F)c2)CC1. The largest absolute Gasteiger partial charge is 0.419 e. The first-order valence-corrected chi connectivity index (χ1v) is 9.99. The van der Waals surface area contributed by atoms with Crippen LogP contribution in [0.4, 0.5) is 10.1 Å². The lowest BCUT2D eigenvalue weighted by Gasteiger charge is -2.36. The molecule has 0 unspecified atom stereocenters. The summed E-state index contributed by atoms with van der Waals surface area (Å²) in [5.74, 6) is 0.592. The molecule has 4 rings (SSSR count). The van der Waals surface area contributed by atoms with Gasteiger partial charge in [0, 0.05) is 37.4 Å².